The molecule has 0 atom stereocenters. The highest BCUT2D eigenvalue weighted by Crippen LogP contribution is 2.30. The van der Waals surface area contributed by atoms with Crippen LogP contribution in [0.25, 0.3) is 10.9 Å². The first-order valence-corrected chi connectivity index (χ1v) is 8.63. The smallest absolute Gasteiger partial charge is 0.251 e. The molecule has 1 aliphatic rings. The number of anilines is 1. The lowest BCUT2D eigenvalue weighted by molar-refractivity contribution is 0.0953. The standard InChI is InChI=1S/C19H25N3O/c1-3-4-9-20-19(23)15-7-8-16-17(13-15)21-14(2)12-18(16)22-10-5-6-11-22/h7-8,12-13H,3-6,9-11H2,1-2H3,(H,20,23). The van der Waals surface area contributed by atoms with Crippen molar-refractivity contribution in [2.24, 2.45) is 0 Å². The van der Waals surface area contributed by atoms with Crippen molar-refractivity contribution in [2.75, 3.05) is 24.5 Å². The van der Waals surface area contributed by atoms with E-state index in [1.54, 1.807) is 0 Å². The molecule has 1 aromatic carbocycles. The highest BCUT2D eigenvalue weighted by Gasteiger charge is 2.17. The monoisotopic (exact) mass is 311 g/mol. The summed E-state index contributed by atoms with van der Waals surface area (Å²) in [5.41, 5.74) is 3.86. The molecule has 2 aromatic rings. The van der Waals surface area contributed by atoms with Gasteiger partial charge in [0.25, 0.3) is 5.91 Å². The summed E-state index contributed by atoms with van der Waals surface area (Å²) in [5, 5.41) is 4.11. The Morgan fingerprint density at radius 1 is 1.26 bits per heavy atom. The quantitative estimate of drug-likeness (QED) is 0.857. The van der Waals surface area contributed by atoms with Crippen LogP contribution in [0, 0.1) is 6.92 Å². The van der Waals surface area contributed by atoms with E-state index in [1.807, 2.05) is 25.1 Å². The molecular formula is C19H25N3O. The summed E-state index contributed by atoms with van der Waals surface area (Å²) in [5.74, 6) is -0.00798. The maximum Gasteiger partial charge on any atom is 0.251 e. The van der Waals surface area contributed by atoms with Crippen molar-refractivity contribution in [3.8, 4) is 0 Å². The Bertz CT molecular complexity index is 705. The van der Waals surface area contributed by atoms with E-state index >= 15 is 0 Å². The number of hydrogen-bond donors (Lipinski definition) is 1. The molecule has 1 aliphatic heterocycles. The molecule has 0 bridgehead atoms. The Kier molecular flexibility index (Phi) is 4.79. The highest BCUT2D eigenvalue weighted by atomic mass is 16.1. The average Bonchev–Trinajstić information content (AvgIpc) is 3.07. The van der Waals surface area contributed by atoms with Gasteiger partial charge in [-0.15, -0.1) is 0 Å². The van der Waals surface area contributed by atoms with Crippen LogP contribution in [0.2, 0.25) is 0 Å². The topological polar surface area (TPSA) is 45.2 Å². The van der Waals surface area contributed by atoms with E-state index in [0.29, 0.717) is 5.56 Å². The number of hydrogen-bond acceptors (Lipinski definition) is 3. The van der Waals surface area contributed by atoms with Gasteiger partial charge in [-0.3, -0.25) is 9.78 Å². The number of fused-ring (bicyclic) bond motifs is 1. The predicted molar refractivity (Wildman–Crippen MR) is 95.2 cm³/mol. The third kappa shape index (κ3) is 3.46. The van der Waals surface area contributed by atoms with Gasteiger partial charge in [-0.1, -0.05) is 13.3 Å². The van der Waals surface area contributed by atoms with Gasteiger partial charge in [0.1, 0.15) is 0 Å². The molecule has 0 aliphatic carbocycles. The zero-order valence-corrected chi connectivity index (χ0v) is 14.1. The maximum absolute atomic E-state index is 12.2. The van der Waals surface area contributed by atoms with Crippen molar-refractivity contribution in [2.45, 2.75) is 39.5 Å². The number of benzene rings is 1. The molecule has 0 saturated carbocycles. The van der Waals surface area contributed by atoms with E-state index < -0.39 is 0 Å². The summed E-state index contributed by atoms with van der Waals surface area (Å²) in [7, 11) is 0. The minimum Gasteiger partial charge on any atom is -0.371 e. The largest absolute Gasteiger partial charge is 0.371 e. The summed E-state index contributed by atoms with van der Waals surface area (Å²) >= 11 is 0. The Balaban J connectivity index is 1.92. The molecule has 0 radical (unpaired) electrons. The maximum atomic E-state index is 12.2. The molecule has 1 aromatic heterocycles. The fourth-order valence-electron chi connectivity index (χ4n) is 3.18. The van der Waals surface area contributed by atoms with Crippen molar-refractivity contribution in [1.29, 1.82) is 0 Å². The number of rotatable bonds is 5. The predicted octanol–water partition coefficient (Wildman–Crippen LogP) is 3.67. The molecule has 122 valence electrons. The summed E-state index contributed by atoms with van der Waals surface area (Å²) < 4.78 is 0. The SMILES string of the molecule is CCCCNC(=O)c1ccc2c(N3CCCC3)cc(C)nc2c1. The van der Waals surface area contributed by atoms with Crippen molar-refractivity contribution in [3.63, 3.8) is 0 Å². The highest BCUT2D eigenvalue weighted by molar-refractivity contribution is 6.00. The van der Waals surface area contributed by atoms with Crippen LogP contribution >= 0.6 is 0 Å². The van der Waals surface area contributed by atoms with E-state index in [0.717, 1.165) is 49.1 Å². The second-order valence-corrected chi connectivity index (χ2v) is 6.32. The van der Waals surface area contributed by atoms with Gasteiger partial charge in [-0.2, -0.15) is 0 Å². The van der Waals surface area contributed by atoms with Crippen molar-refractivity contribution < 1.29 is 4.79 Å². The first-order valence-electron chi connectivity index (χ1n) is 8.63. The van der Waals surface area contributed by atoms with Crippen LogP contribution in [0.5, 0.6) is 0 Å². The van der Waals surface area contributed by atoms with Crippen LogP contribution in [0.3, 0.4) is 0 Å². The fraction of sp³-hybridized carbons (Fsp3) is 0.474. The number of aromatic nitrogens is 1. The zero-order chi connectivity index (χ0) is 16.2. The first-order chi connectivity index (χ1) is 11.2. The third-order valence-electron chi connectivity index (χ3n) is 4.44. The molecule has 4 nitrogen and oxygen atoms in total. The summed E-state index contributed by atoms with van der Waals surface area (Å²) in [6.45, 7) is 7.09. The van der Waals surface area contributed by atoms with Gasteiger partial charge in [-0.25, -0.2) is 0 Å². The molecular weight excluding hydrogens is 286 g/mol. The molecule has 0 unspecified atom stereocenters. The summed E-state index contributed by atoms with van der Waals surface area (Å²) in [4.78, 5) is 19.3. The lowest BCUT2D eigenvalue weighted by Crippen LogP contribution is -2.24. The molecule has 1 fully saturated rings. The van der Waals surface area contributed by atoms with Gasteiger partial charge in [0, 0.05) is 42.0 Å². The molecule has 23 heavy (non-hydrogen) atoms. The van der Waals surface area contributed by atoms with Gasteiger partial charge in [-0.05, 0) is 50.5 Å². The molecule has 2 heterocycles. The minimum absolute atomic E-state index is 0.00798. The van der Waals surface area contributed by atoms with E-state index in [1.165, 1.54) is 18.5 Å². The number of amides is 1. The van der Waals surface area contributed by atoms with Crippen LogP contribution in [0.1, 0.15) is 48.7 Å². The van der Waals surface area contributed by atoms with Crippen molar-refractivity contribution >= 4 is 22.5 Å². The van der Waals surface area contributed by atoms with E-state index in [9.17, 15) is 4.79 Å². The molecule has 1 saturated heterocycles. The summed E-state index contributed by atoms with van der Waals surface area (Å²) in [6.07, 6.45) is 4.59. The number of carbonyl (C=O) groups is 1. The number of aryl methyl sites for hydroxylation is 1. The second-order valence-electron chi connectivity index (χ2n) is 6.32. The van der Waals surface area contributed by atoms with Gasteiger partial charge < -0.3 is 10.2 Å². The number of nitrogens with one attached hydrogen (secondary N) is 1. The summed E-state index contributed by atoms with van der Waals surface area (Å²) in [6, 6.07) is 8.04. The Labute approximate surface area is 137 Å². The van der Waals surface area contributed by atoms with Crippen molar-refractivity contribution in [3.05, 3.63) is 35.5 Å². The zero-order valence-electron chi connectivity index (χ0n) is 14.1. The Morgan fingerprint density at radius 3 is 2.78 bits per heavy atom. The van der Waals surface area contributed by atoms with Crippen LogP contribution in [-0.4, -0.2) is 30.5 Å². The van der Waals surface area contributed by atoms with E-state index in [4.69, 9.17) is 0 Å². The van der Waals surface area contributed by atoms with Crippen molar-refractivity contribution in [1.82, 2.24) is 10.3 Å². The number of unbranched alkanes of at least 4 members (excludes halogenated alkanes) is 1. The van der Waals surface area contributed by atoms with Gasteiger partial charge in [0.05, 0.1) is 5.52 Å². The van der Waals surface area contributed by atoms with Gasteiger partial charge in [0.15, 0.2) is 0 Å². The lowest BCUT2D eigenvalue weighted by Gasteiger charge is -2.20. The lowest BCUT2D eigenvalue weighted by atomic mass is 10.1. The normalized spacial score (nSPS) is 14.4. The third-order valence-corrected chi connectivity index (χ3v) is 4.44. The number of carbonyl (C=O) groups excluding carboxylic acids is 1. The van der Waals surface area contributed by atoms with E-state index in [-0.39, 0.29) is 5.91 Å². The van der Waals surface area contributed by atoms with Crippen LogP contribution < -0.4 is 10.2 Å². The average molecular weight is 311 g/mol. The molecule has 1 N–H and O–H groups in total. The molecule has 4 heteroatoms. The number of pyridine rings is 1. The minimum atomic E-state index is -0.00798. The van der Waals surface area contributed by atoms with Gasteiger partial charge in [0.2, 0.25) is 0 Å². The Morgan fingerprint density at radius 2 is 2.04 bits per heavy atom. The van der Waals surface area contributed by atoms with Gasteiger partial charge >= 0.3 is 0 Å². The van der Waals surface area contributed by atoms with Crippen LogP contribution in [-0.2, 0) is 0 Å². The first kappa shape index (κ1) is 15.8. The van der Waals surface area contributed by atoms with Crippen LogP contribution in [0.4, 0.5) is 5.69 Å². The number of nitrogens with zero attached hydrogens (tertiary/aromatic N) is 2. The second kappa shape index (κ2) is 6.99. The van der Waals surface area contributed by atoms with E-state index in [2.05, 4.69) is 28.2 Å². The molecule has 0 spiro atoms. The Hall–Kier alpha value is -2.10. The molecule has 1 amide bonds. The molecule has 3 rings (SSSR count). The van der Waals surface area contributed by atoms with Crippen LogP contribution in [0.15, 0.2) is 24.3 Å². The fourth-order valence-corrected chi connectivity index (χ4v) is 3.18.